The molecule has 8 heteroatoms. The molecular weight excluding hydrogens is 457 g/mol. The minimum absolute atomic E-state index is 0. The Balaban J connectivity index is 0.00000364. The zero-order valence-electron chi connectivity index (χ0n) is 17.0. The van der Waals surface area contributed by atoms with E-state index in [4.69, 9.17) is 4.74 Å². The number of aliphatic imine (C=N–C) groups is 1. The van der Waals surface area contributed by atoms with Crippen LogP contribution < -0.4 is 10.6 Å². The molecule has 2 aliphatic rings. The van der Waals surface area contributed by atoms with Crippen LogP contribution in [0.2, 0.25) is 0 Å². The summed E-state index contributed by atoms with van der Waals surface area (Å²) >= 11 is 0. The van der Waals surface area contributed by atoms with Crippen LogP contribution in [0.1, 0.15) is 26.2 Å². The highest BCUT2D eigenvalue weighted by atomic mass is 127. The lowest BCUT2D eigenvalue weighted by Gasteiger charge is -2.33. The van der Waals surface area contributed by atoms with Gasteiger partial charge in [0.2, 0.25) is 5.91 Å². The number of nitrogens with zero attached hydrogens (tertiary/aromatic N) is 3. The molecule has 1 unspecified atom stereocenters. The SMILES string of the molecule is C=C(C)CN1CCC(NC(=NCC(=O)N(C)C)NCC2CCOC2)CC1.I. The number of nitrogens with one attached hydrogen (secondary N) is 2. The van der Waals surface area contributed by atoms with Gasteiger partial charge in [0, 0.05) is 58.8 Å². The average molecular weight is 493 g/mol. The van der Waals surface area contributed by atoms with Gasteiger partial charge in [-0.3, -0.25) is 9.69 Å². The molecule has 2 aliphatic heterocycles. The minimum atomic E-state index is 0. The molecule has 0 aromatic heterocycles. The summed E-state index contributed by atoms with van der Waals surface area (Å²) in [7, 11) is 3.51. The first kappa shape index (κ1) is 24.2. The molecule has 2 rings (SSSR count). The van der Waals surface area contributed by atoms with E-state index in [1.165, 1.54) is 5.57 Å². The van der Waals surface area contributed by atoms with Crippen LogP contribution in [0.15, 0.2) is 17.1 Å². The van der Waals surface area contributed by atoms with Gasteiger partial charge in [-0.05, 0) is 26.2 Å². The summed E-state index contributed by atoms with van der Waals surface area (Å²) in [6, 6.07) is 0.386. The molecule has 2 N–H and O–H groups in total. The van der Waals surface area contributed by atoms with Crippen LogP contribution in [0.5, 0.6) is 0 Å². The fourth-order valence-electron chi connectivity index (χ4n) is 3.24. The topological polar surface area (TPSA) is 69.2 Å². The zero-order chi connectivity index (χ0) is 18.9. The van der Waals surface area contributed by atoms with E-state index >= 15 is 0 Å². The Morgan fingerprint density at radius 2 is 2.00 bits per heavy atom. The molecule has 2 heterocycles. The molecule has 27 heavy (non-hydrogen) atoms. The van der Waals surface area contributed by atoms with Crippen molar-refractivity contribution in [3.63, 3.8) is 0 Å². The van der Waals surface area contributed by atoms with E-state index in [1.807, 2.05) is 0 Å². The Labute approximate surface area is 181 Å². The molecule has 2 saturated heterocycles. The molecule has 0 aromatic carbocycles. The number of carbonyl (C=O) groups is 1. The fraction of sp³-hybridized carbons (Fsp3) is 0.789. The second-order valence-corrected chi connectivity index (χ2v) is 7.72. The van der Waals surface area contributed by atoms with E-state index in [2.05, 4.69) is 34.0 Å². The Hall–Kier alpha value is -0.870. The van der Waals surface area contributed by atoms with Gasteiger partial charge in [-0.15, -0.1) is 24.0 Å². The average Bonchev–Trinajstić information content (AvgIpc) is 3.11. The number of hydrogen-bond acceptors (Lipinski definition) is 4. The molecule has 0 aliphatic carbocycles. The summed E-state index contributed by atoms with van der Waals surface area (Å²) in [5, 5.41) is 6.93. The number of likely N-dealkylation sites (N-methyl/N-ethyl adjacent to an activating group) is 1. The van der Waals surface area contributed by atoms with Gasteiger partial charge in [0.1, 0.15) is 6.54 Å². The van der Waals surface area contributed by atoms with Gasteiger partial charge in [-0.1, -0.05) is 12.2 Å². The summed E-state index contributed by atoms with van der Waals surface area (Å²) in [6.45, 7) is 11.8. The Morgan fingerprint density at radius 1 is 1.30 bits per heavy atom. The highest BCUT2D eigenvalue weighted by Gasteiger charge is 2.21. The Kier molecular flexibility index (Phi) is 11.2. The quantitative estimate of drug-likeness (QED) is 0.242. The van der Waals surface area contributed by atoms with Crippen LogP contribution in [0, 0.1) is 5.92 Å². The number of hydrogen-bond donors (Lipinski definition) is 2. The van der Waals surface area contributed by atoms with Crippen LogP contribution in [0.4, 0.5) is 0 Å². The molecule has 1 amide bonds. The Morgan fingerprint density at radius 3 is 2.56 bits per heavy atom. The van der Waals surface area contributed by atoms with Crippen LogP contribution in [0.3, 0.4) is 0 Å². The maximum Gasteiger partial charge on any atom is 0.243 e. The molecule has 2 fully saturated rings. The third-order valence-corrected chi connectivity index (χ3v) is 4.88. The van der Waals surface area contributed by atoms with Gasteiger partial charge < -0.3 is 20.3 Å². The van der Waals surface area contributed by atoms with Gasteiger partial charge in [-0.2, -0.15) is 0 Å². The number of halogens is 1. The van der Waals surface area contributed by atoms with Gasteiger partial charge >= 0.3 is 0 Å². The van der Waals surface area contributed by atoms with Crippen molar-refractivity contribution >= 4 is 35.8 Å². The Bertz CT molecular complexity index is 498. The van der Waals surface area contributed by atoms with Crippen molar-refractivity contribution in [1.82, 2.24) is 20.4 Å². The van der Waals surface area contributed by atoms with Crippen molar-refractivity contribution in [2.45, 2.75) is 32.2 Å². The highest BCUT2D eigenvalue weighted by Crippen LogP contribution is 2.12. The molecule has 0 bridgehead atoms. The third kappa shape index (κ3) is 9.25. The number of carbonyl (C=O) groups excluding carboxylic acids is 1. The molecule has 0 spiro atoms. The predicted molar refractivity (Wildman–Crippen MR) is 121 cm³/mol. The first-order valence-corrected chi connectivity index (χ1v) is 9.63. The lowest BCUT2D eigenvalue weighted by Crippen LogP contribution is -2.50. The van der Waals surface area contributed by atoms with E-state index in [9.17, 15) is 4.79 Å². The number of piperidine rings is 1. The lowest BCUT2D eigenvalue weighted by molar-refractivity contribution is -0.127. The molecule has 0 saturated carbocycles. The number of rotatable bonds is 7. The maximum absolute atomic E-state index is 11.9. The second-order valence-electron chi connectivity index (χ2n) is 7.72. The standard InChI is InChI=1S/C19H35N5O2.HI/c1-15(2)13-24-8-5-17(6-9-24)22-19(21-12-18(25)23(3)4)20-11-16-7-10-26-14-16;/h16-17H,1,5-14H2,2-4H3,(H2,20,21,22);1H. The number of guanidine groups is 1. The van der Waals surface area contributed by atoms with Gasteiger partial charge in [-0.25, -0.2) is 4.99 Å². The van der Waals surface area contributed by atoms with Crippen LogP contribution in [-0.4, -0.2) is 87.7 Å². The van der Waals surface area contributed by atoms with E-state index in [-0.39, 0.29) is 36.4 Å². The van der Waals surface area contributed by atoms with Gasteiger partial charge in [0.15, 0.2) is 5.96 Å². The van der Waals surface area contributed by atoms with Crippen LogP contribution >= 0.6 is 24.0 Å². The summed E-state index contributed by atoms with van der Waals surface area (Å²) in [5.74, 6) is 1.26. The number of likely N-dealkylation sites (tertiary alicyclic amines) is 1. The molecular formula is C19H36IN5O2. The summed E-state index contributed by atoms with van der Waals surface area (Å²) < 4.78 is 5.44. The van der Waals surface area contributed by atoms with Crippen molar-refractivity contribution in [2.75, 3.05) is 60.0 Å². The van der Waals surface area contributed by atoms with Crippen molar-refractivity contribution in [3.8, 4) is 0 Å². The second kappa shape index (κ2) is 12.6. The summed E-state index contributed by atoms with van der Waals surface area (Å²) in [5.41, 5.74) is 1.21. The maximum atomic E-state index is 11.9. The van der Waals surface area contributed by atoms with Crippen molar-refractivity contribution in [3.05, 3.63) is 12.2 Å². The van der Waals surface area contributed by atoms with E-state index in [1.54, 1.807) is 19.0 Å². The van der Waals surface area contributed by atoms with Gasteiger partial charge in [0.05, 0.1) is 6.61 Å². The summed E-state index contributed by atoms with van der Waals surface area (Å²) in [6.07, 6.45) is 3.22. The van der Waals surface area contributed by atoms with Crippen molar-refractivity contribution < 1.29 is 9.53 Å². The van der Waals surface area contributed by atoms with E-state index in [0.717, 1.165) is 64.6 Å². The molecule has 0 aromatic rings. The smallest absolute Gasteiger partial charge is 0.243 e. The predicted octanol–water partition coefficient (Wildman–Crippen LogP) is 1.30. The van der Waals surface area contributed by atoms with Crippen molar-refractivity contribution in [1.29, 1.82) is 0 Å². The van der Waals surface area contributed by atoms with Crippen LogP contribution in [0.25, 0.3) is 0 Å². The molecule has 1 atom stereocenters. The lowest BCUT2D eigenvalue weighted by atomic mass is 10.0. The fourth-order valence-corrected chi connectivity index (χ4v) is 3.24. The third-order valence-electron chi connectivity index (χ3n) is 4.88. The first-order chi connectivity index (χ1) is 12.4. The van der Waals surface area contributed by atoms with Crippen molar-refractivity contribution in [2.24, 2.45) is 10.9 Å². The van der Waals surface area contributed by atoms with E-state index in [0.29, 0.717) is 12.0 Å². The number of amides is 1. The van der Waals surface area contributed by atoms with E-state index < -0.39 is 0 Å². The van der Waals surface area contributed by atoms with Gasteiger partial charge in [0.25, 0.3) is 0 Å². The van der Waals surface area contributed by atoms with Crippen LogP contribution in [-0.2, 0) is 9.53 Å². The highest BCUT2D eigenvalue weighted by molar-refractivity contribution is 14.0. The first-order valence-electron chi connectivity index (χ1n) is 9.63. The monoisotopic (exact) mass is 493 g/mol. The zero-order valence-corrected chi connectivity index (χ0v) is 19.3. The molecule has 0 radical (unpaired) electrons. The minimum Gasteiger partial charge on any atom is -0.381 e. The number of ether oxygens (including phenoxy) is 1. The summed E-state index contributed by atoms with van der Waals surface area (Å²) in [4.78, 5) is 20.4. The molecule has 156 valence electrons. The normalized spacial score (nSPS) is 21.4. The molecule has 7 nitrogen and oxygen atoms in total. The largest absolute Gasteiger partial charge is 0.381 e.